The molecule has 0 saturated heterocycles. The number of anilines is 1. The van der Waals surface area contributed by atoms with Gasteiger partial charge < -0.3 is 14.6 Å². The number of halogens is 1. The van der Waals surface area contributed by atoms with Crippen LogP contribution in [-0.4, -0.2) is 28.4 Å². The summed E-state index contributed by atoms with van der Waals surface area (Å²) in [5.41, 5.74) is 1.40. The molecule has 8 heteroatoms. The minimum atomic E-state index is -0.603. The van der Waals surface area contributed by atoms with Crippen LogP contribution < -0.4 is 15.5 Å². The first-order valence-corrected chi connectivity index (χ1v) is 10.1. The van der Waals surface area contributed by atoms with Crippen LogP contribution in [0.15, 0.2) is 71.7 Å². The Labute approximate surface area is 188 Å². The first-order valence-electron chi connectivity index (χ1n) is 10.1. The van der Waals surface area contributed by atoms with Gasteiger partial charge in [0.05, 0.1) is 18.2 Å². The molecule has 0 aliphatic rings. The van der Waals surface area contributed by atoms with Crippen molar-refractivity contribution in [3.05, 3.63) is 99.6 Å². The highest BCUT2D eigenvalue weighted by Gasteiger charge is 2.20. The van der Waals surface area contributed by atoms with Crippen molar-refractivity contribution in [2.24, 2.45) is 0 Å². The predicted octanol–water partition coefficient (Wildman–Crippen LogP) is 3.72. The molecule has 7 nitrogen and oxygen atoms in total. The zero-order chi connectivity index (χ0) is 23.5. The SMILES string of the molecule is COc1ccc2c(n1)c(=O)c(C(=O)c1ccc(F)cc1)cn2CC(=O)Nc1ccc(C)cc1. The lowest BCUT2D eigenvalue weighted by Crippen LogP contribution is -2.24. The van der Waals surface area contributed by atoms with Gasteiger partial charge in [0, 0.05) is 23.5 Å². The molecule has 2 heterocycles. The third kappa shape index (κ3) is 4.64. The number of hydrogen-bond acceptors (Lipinski definition) is 5. The molecule has 0 unspecified atom stereocenters. The fourth-order valence-electron chi connectivity index (χ4n) is 3.40. The van der Waals surface area contributed by atoms with E-state index in [-0.39, 0.29) is 35.0 Å². The number of nitrogens with one attached hydrogen (secondary N) is 1. The molecule has 33 heavy (non-hydrogen) atoms. The van der Waals surface area contributed by atoms with Crippen molar-refractivity contribution in [1.29, 1.82) is 0 Å². The Morgan fingerprint density at radius 1 is 1.03 bits per heavy atom. The Hall–Kier alpha value is -4.33. The van der Waals surface area contributed by atoms with Gasteiger partial charge in [0.2, 0.25) is 17.2 Å². The highest BCUT2D eigenvalue weighted by atomic mass is 19.1. The summed E-state index contributed by atoms with van der Waals surface area (Å²) in [7, 11) is 1.41. The fraction of sp³-hybridized carbons (Fsp3) is 0.120. The standard InChI is InChI=1S/C25H20FN3O4/c1-15-3-9-18(10-4-15)27-21(30)14-29-13-19(24(31)16-5-7-17(26)8-6-16)25(32)23-20(29)11-12-22(28-23)33-2/h3-13H,14H2,1-2H3,(H,27,30). The van der Waals surface area contributed by atoms with Gasteiger partial charge in [-0.05, 0) is 49.4 Å². The summed E-state index contributed by atoms with van der Waals surface area (Å²) in [5.74, 6) is -1.25. The molecule has 0 radical (unpaired) electrons. The van der Waals surface area contributed by atoms with Gasteiger partial charge in [-0.1, -0.05) is 17.7 Å². The van der Waals surface area contributed by atoms with Gasteiger partial charge in [-0.25, -0.2) is 9.37 Å². The summed E-state index contributed by atoms with van der Waals surface area (Å²) >= 11 is 0. The first kappa shape index (κ1) is 21.9. The normalized spacial score (nSPS) is 10.8. The average molecular weight is 445 g/mol. The van der Waals surface area contributed by atoms with E-state index in [4.69, 9.17) is 4.74 Å². The van der Waals surface area contributed by atoms with Crippen LogP contribution in [0.2, 0.25) is 0 Å². The van der Waals surface area contributed by atoms with Crippen LogP contribution in [0, 0.1) is 12.7 Å². The van der Waals surface area contributed by atoms with Crippen molar-refractivity contribution in [1.82, 2.24) is 9.55 Å². The number of benzene rings is 2. The van der Waals surface area contributed by atoms with Gasteiger partial charge in [0.1, 0.15) is 17.9 Å². The number of aromatic nitrogens is 2. The van der Waals surface area contributed by atoms with Crippen molar-refractivity contribution in [2.45, 2.75) is 13.5 Å². The van der Waals surface area contributed by atoms with Crippen LogP contribution in [-0.2, 0) is 11.3 Å². The molecule has 0 atom stereocenters. The number of hydrogen-bond donors (Lipinski definition) is 1. The van der Waals surface area contributed by atoms with Crippen LogP contribution in [0.4, 0.5) is 10.1 Å². The number of amides is 1. The van der Waals surface area contributed by atoms with Crippen LogP contribution in [0.25, 0.3) is 11.0 Å². The van der Waals surface area contributed by atoms with E-state index in [1.807, 2.05) is 19.1 Å². The summed E-state index contributed by atoms with van der Waals surface area (Å²) < 4.78 is 19.9. The van der Waals surface area contributed by atoms with Crippen LogP contribution in [0.5, 0.6) is 5.88 Å². The van der Waals surface area contributed by atoms with Crippen molar-refractivity contribution in [2.75, 3.05) is 12.4 Å². The number of aryl methyl sites for hydroxylation is 1. The Balaban J connectivity index is 1.77. The molecule has 0 fully saturated rings. The Kier molecular flexibility index (Phi) is 5.99. The molecule has 0 spiro atoms. The number of nitrogens with zero attached hydrogens (tertiary/aromatic N) is 2. The van der Waals surface area contributed by atoms with E-state index in [0.717, 1.165) is 17.7 Å². The summed E-state index contributed by atoms with van der Waals surface area (Å²) in [6, 6.07) is 15.4. The zero-order valence-corrected chi connectivity index (χ0v) is 18.0. The average Bonchev–Trinajstić information content (AvgIpc) is 2.82. The van der Waals surface area contributed by atoms with Gasteiger partial charge in [-0.15, -0.1) is 0 Å². The van der Waals surface area contributed by atoms with Crippen molar-refractivity contribution < 1.29 is 18.7 Å². The third-order valence-electron chi connectivity index (χ3n) is 5.11. The van der Waals surface area contributed by atoms with Gasteiger partial charge >= 0.3 is 0 Å². The van der Waals surface area contributed by atoms with Crippen LogP contribution in [0.1, 0.15) is 21.5 Å². The Bertz CT molecular complexity index is 1410. The molecule has 166 valence electrons. The van der Waals surface area contributed by atoms with E-state index in [1.54, 1.807) is 24.3 Å². The van der Waals surface area contributed by atoms with Gasteiger partial charge in [-0.2, -0.15) is 0 Å². The van der Waals surface area contributed by atoms with E-state index in [0.29, 0.717) is 11.2 Å². The van der Waals surface area contributed by atoms with Gasteiger partial charge in [-0.3, -0.25) is 14.4 Å². The summed E-state index contributed by atoms with van der Waals surface area (Å²) in [6.07, 6.45) is 1.33. The molecule has 1 N–H and O–H groups in total. The van der Waals surface area contributed by atoms with Crippen molar-refractivity contribution in [3.8, 4) is 5.88 Å². The van der Waals surface area contributed by atoms with E-state index in [9.17, 15) is 18.8 Å². The molecule has 1 amide bonds. The highest BCUT2D eigenvalue weighted by molar-refractivity contribution is 6.10. The number of rotatable bonds is 6. The second-order valence-electron chi connectivity index (χ2n) is 7.47. The summed E-state index contributed by atoms with van der Waals surface area (Å²) in [4.78, 5) is 43.1. The predicted molar refractivity (Wildman–Crippen MR) is 122 cm³/mol. The minimum Gasteiger partial charge on any atom is -0.481 e. The molecule has 0 bridgehead atoms. The van der Waals surface area contributed by atoms with E-state index in [2.05, 4.69) is 10.3 Å². The Morgan fingerprint density at radius 3 is 2.39 bits per heavy atom. The molecule has 4 aromatic rings. The largest absolute Gasteiger partial charge is 0.481 e. The van der Waals surface area contributed by atoms with E-state index >= 15 is 0 Å². The summed E-state index contributed by atoms with van der Waals surface area (Å²) in [6.45, 7) is 1.78. The first-order chi connectivity index (χ1) is 15.9. The smallest absolute Gasteiger partial charge is 0.244 e. The fourth-order valence-corrected chi connectivity index (χ4v) is 3.40. The van der Waals surface area contributed by atoms with E-state index < -0.39 is 17.0 Å². The molecule has 4 rings (SSSR count). The lowest BCUT2D eigenvalue weighted by molar-refractivity contribution is -0.116. The molecule has 0 aliphatic carbocycles. The maximum absolute atomic E-state index is 13.3. The number of pyridine rings is 2. The second-order valence-corrected chi connectivity index (χ2v) is 7.47. The quantitative estimate of drug-likeness (QED) is 0.457. The van der Waals surface area contributed by atoms with E-state index in [1.165, 1.54) is 30.0 Å². The molecular formula is C25H20FN3O4. The second kappa shape index (κ2) is 9.04. The number of ketones is 1. The maximum atomic E-state index is 13.3. The topological polar surface area (TPSA) is 90.3 Å². The maximum Gasteiger partial charge on any atom is 0.244 e. The molecule has 2 aromatic carbocycles. The van der Waals surface area contributed by atoms with Crippen LogP contribution >= 0.6 is 0 Å². The highest BCUT2D eigenvalue weighted by Crippen LogP contribution is 2.18. The molecule has 0 saturated carbocycles. The number of carbonyl (C=O) groups excluding carboxylic acids is 2. The Morgan fingerprint density at radius 2 is 1.73 bits per heavy atom. The molecule has 2 aromatic heterocycles. The summed E-state index contributed by atoms with van der Waals surface area (Å²) in [5, 5.41) is 2.80. The lowest BCUT2D eigenvalue weighted by atomic mass is 10.0. The number of carbonyl (C=O) groups is 2. The molecule has 0 aliphatic heterocycles. The van der Waals surface area contributed by atoms with Gasteiger partial charge in [0.25, 0.3) is 0 Å². The third-order valence-corrected chi connectivity index (χ3v) is 5.11. The van der Waals surface area contributed by atoms with Gasteiger partial charge in [0.15, 0.2) is 5.78 Å². The molecular weight excluding hydrogens is 425 g/mol. The minimum absolute atomic E-state index is 0.00884. The zero-order valence-electron chi connectivity index (χ0n) is 18.0. The number of ether oxygens (including phenoxy) is 1. The lowest BCUT2D eigenvalue weighted by Gasteiger charge is -2.14. The monoisotopic (exact) mass is 445 g/mol. The van der Waals surface area contributed by atoms with Crippen LogP contribution in [0.3, 0.4) is 0 Å². The number of fused-ring (bicyclic) bond motifs is 1. The number of methoxy groups -OCH3 is 1. The van der Waals surface area contributed by atoms with Crippen molar-refractivity contribution >= 4 is 28.4 Å². The van der Waals surface area contributed by atoms with Crippen molar-refractivity contribution in [3.63, 3.8) is 0 Å².